The topological polar surface area (TPSA) is 43.3 Å². The molecule has 3 nitrogen and oxygen atoms in total. The Hall–Kier alpha value is -2.36. The van der Waals surface area contributed by atoms with Crippen molar-refractivity contribution in [1.82, 2.24) is 9.38 Å². The number of hydrogen-bond donors (Lipinski definition) is 1. The van der Waals surface area contributed by atoms with Crippen molar-refractivity contribution in [2.75, 3.05) is 5.73 Å². The third-order valence-electron chi connectivity index (χ3n) is 3.48. The van der Waals surface area contributed by atoms with E-state index in [-0.39, 0.29) is 5.82 Å². The van der Waals surface area contributed by atoms with Crippen LogP contribution in [0.5, 0.6) is 0 Å². The molecule has 0 bridgehead atoms. The fraction of sp³-hybridized carbons (Fsp3) is 0.133. The molecule has 0 unspecified atom stereocenters. The maximum atomic E-state index is 13.3. The van der Waals surface area contributed by atoms with Crippen LogP contribution in [0.15, 0.2) is 36.5 Å². The van der Waals surface area contributed by atoms with Crippen molar-refractivity contribution in [3.63, 3.8) is 0 Å². The zero-order valence-corrected chi connectivity index (χ0v) is 10.8. The van der Waals surface area contributed by atoms with E-state index in [9.17, 15) is 4.39 Å². The molecular weight excluding hydrogens is 241 g/mol. The predicted molar refractivity (Wildman–Crippen MR) is 74.5 cm³/mol. The summed E-state index contributed by atoms with van der Waals surface area (Å²) in [5.74, 6) is 0.132. The number of aryl methyl sites for hydroxylation is 1. The predicted octanol–water partition coefficient (Wildman–Crippen LogP) is 3.34. The molecule has 0 aliphatic rings. The van der Waals surface area contributed by atoms with E-state index in [1.165, 1.54) is 17.8 Å². The third kappa shape index (κ3) is 1.76. The van der Waals surface area contributed by atoms with Crippen LogP contribution in [0, 0.1) is 19.7 Å². The molecule has 0 atom stereocenters. The van der Waals surface area contributed by atoms with E-state index in [4.69, 9.17) is 5.73 Å². The first-order valence-electron chi connectivity index (χ1n) is 6.07. The van der Waals surface area contributed by atoms with Gasteiger partial charge in [0, 0.05) is 11.8 Å². The van der Waals surface area contributed by atoms with Crippen LogP contribution < -0.4 is 5.73 Å². The Labute approximate surface area is 110 Å². The zero-order valence-electron chi connectivity index (χ0n) is 10.8. The molecule has 2 heterocycles. The summed E-state index contributed by atoms with van der Waals surface area (Å²) < 4.78 is 14.8. The van der Waals surface area contributed by atoms with Crippen LogP contribution in [-0.2, 0) is 0 Å². The molecule has 2 aromatic heterocycles. The van der Waals surface area contributed by atoms with Crippen LogP contribution in [0.25, 0.3) is 16.9 Å². The van der Waals surface area contributed by atoms with E-state index >= 15 is 0 Å². The standard InChI is InChI=1S/C15H14FN3/c1-9-4-3-5-12(10(9)2)14-15(17)19-8-11(16)6-7-13(19)18-14/h3-8H,17H2,1-2H3. The van der Waals surface area contributed by atoms with Crippen molar-refractivity contribution in [1.29, 1.82) is 0 Å². The van der Waals surface area contributed by atoms with E-state index in [2.05, 4.69) is 4.98 Å². The SMILES string of the molecule is Cc1cccc(-c2nc3ccc(F)cn3c2N)c1C. The largest absolute Gasteiger partial charge is 0.383 e. The van der Waals surface area contributed by atoms with Gasteiger partial charge >= 0.3 is 0 Å². The van der Waals surface area contributed by atoms with Crippen LogP contribution >= 0.6 is 0 Å². The van der Waals surface area contributed by atoms with Crippen molar-refractivity contribution < 1.29 is 4.39 Å². The van der Waals surface area contributed by atoms with Crippen LogP contribution in [0.1, 0.15) is 11.1 Å². The summed E-state index contributed by atoms with van der Waals surface area (Å²) in [6.07, 6.45) is 1.35. The number of imidazole rings is 1. The number of aromatic nitrogens is 2. The van der Waals surface area contributed by atoms with Crippen molar-refractivity contribution in [2.24, 2.45) is 0 Å². The van der Waals surface area contributed by atoms with E-state index in [0.717, 1.165) is 11.1 Å². The minimum absolute atomic E-state index is 0.330. The fourth-order valence-corrected chi connectivity index (χ4v) is 2.24. The normalized spacial score (nSPS) is 11.1. The van der Waals surface area contributed by atoms with Crippen molar-refractivity contribution >= 4 is 11.5 Å². The summed E-state index contributed by atoms with van der Waals surface area (Å²) in [5.41, 5.74) is 10.7. The van der Waals surface area contributed by atoms with Gasteiger partial charge in [-0.05, 0) is 37.1 Å². The Morgan fingerprint density at radius 1 is 1.16 bits per heavy atom. The van der Waals surface area contributed by atoms with Gasteiger partial charge in [-0.3, -0.25) is 4.40 Å². The summed E-state index contributed by atoms with van der Waals surface area (Å²) in [6, 6.07) is 9.01. The molecule has 0 aliphatic heterocycles. The van der Waals surface area contributed by atoms with Gasteiger partial charge in [0.2, 0.25) is 0 Å². The van der Waals surface area contributed by atoms with Crippen LogP contribution in [-0.4, -0.2) is 9.38 Å². The summed E-state index contributed by atoms with van der Waals surface area (Å²) in [4.78, 5) is 4.50. The number of fused-ring (bicyclic) bond motifs is 1. The lowest BCUT2D eigenvalue weighted by molar-refractivity contribution is 0.619. The number of pyridine rings is 1. The lowest BCUT2D eigenvalue weighted by Crippen LogP contribution is -1.96. The molecule has 3 rings (SSSR count). The van der Waals surface area contributed by atoms with Crippen LogP contribution in [0.4, 0.5) is 10.2 Å². The number of halogens is 1. The lowest BCUT2D eigenvalue weighted by atomic mass is 10.0. The number of benzene rings is 1. The van der Waals surface area contributed by atoms with Gasteiger partial charge in [0.15, 0.2) is 0 Å². The molecule has 2 N–H and O–H groups in total. The number of hydrogen-bond acceptors (Lipinski definition) is 2. The highest BCUT2D eigenvalue weighted by Gasteiger charge is 2.14. The average molecular weight is 255 g/mol. The molecular formula is C15H14FN3. The molecule has 0 saturated carbocycles. The first-order chi connectivity index (χ1) is 9.08. The second kappa shape index (κ2) is 4.09. The van der Waals surface area contributed by atoms with Gasteiger partial charge in [-0.1, -0.05) is 18.2 Å². The first kappa shape index (κ1) is 11.7. The Kier molecular flexibility index (Phi) is 2.52. The molecule has 1 aromatic carbocycles. The number of rotatable bonds is 1. The molecule has 96 valence electrons. The first-order valence-corrected chi connectivity index (χ1v) is 6.07. The Balaban J connectivity index is 2.31. The molecule has 0 spiro atoms. The minimum atomic E-state index is -0.330. The Morgan fingerprint density at radius 3 is 2.74 bits per heavy atom. The average Bonchev–Trinajstić information content (AvgIpc) is 2.70. The molecule has 0 fully saturated rings. The van der Waals surface area contributed by atoms with Gasteiger partial charge in [0.25, 0.3) is 0 Å². The second-order valence-electron chi connectivity index (χ2n) is 4.67. The molecule has 0 aliphatic carbocycles. The molecule has 3 aromatic rings. The maximum Gasteiger partial charge on any atom is 0.140 e. The summed E-state index contributed by atoms with van der Waals surface area (Å²) in [6.45, 7) is 4.08. The number of nitrogen functional groups attached to an aromatic ring is 1. The monoisotopic (exact) mass is 255 g/mol. The minimum Gasteiger partial charge on any atom is -0.383 e. The Morgan fingerprint density at radius 2 is 1.95 bits per heavy atom. The highest BCUT2D eigenvalue weighted by molar-refractivity contribution is 5.77. The molecule has 0 radical (unpaired) electrons. The summed E-state index contributed by atoms with van der Waals surface area (Å²) >= 11 is 0. The van der Waals surface area contributed by atoms with E-state index in [1.807, 2.05) is 32.0 Å². The second-order valence-corrected chi connectivity index (χ2v) is 4.67. The van der Waals surface area contributed by atoms with Gasteiger partial charge in [-0.2, -0.15) is 0 Å². The van der Waals surface area contributed by atoms with Gasteiger partial charge in [-0.15, -0.1) is 0 Å². The molecule has 4 heteroatoms. The van der Waals surface area contributed by atoms with Gasteiger partial charge in [0.1, 0.15) is 23.0 Å². The highest BCUT2D eigenvalue weighted by atomic mass is 19.1. The van der Waals surface area contributed by atoms with Gasteiger partial charge in [0.05, 0.1) is 0 Å². The van der Waals surface area contributed by atoms with E-state index in [0.29, 0.717) is 17.2 Å². The number of nitrogens with zero attached hydrogens (tertiary/aromatic N) is 2. The summed E-state index contributed by atoms with van der Waals surface area (Å²) in [7, 11) is 0. The third-order valence-corrected chi connectivity index (χ3v) is 3.48. The molecule has 0 amide bonds. The smallest absolute Gasteiger partial charge is 0.140 e. The Bertz CT molecular complexity index is 774. The van der Waals surface area contributed by atoms with Crippen LogP contribution in [0.3, 0.4) is 0 Å². The summed E-state index contributed by atoms with van der Waals surface area (Å²) in [5, 5.41) is 0. The van der Waals surface area contributed by atoms with E-state index < -0.39 is 0 Å². The van der Waals surface area contributed by atoms with Gasteiger partial charge < -0.3 is 5.73 Å². The molecule has 19 heavy (non-hydrogen) atoms. The maximum absolute atomic E-state index is 13.3. The molecule has 0 saturated heterocycles. The quantitative estimate of drug-likeness (QED) is 0.724. The van der Waals surface area contributed by atoms with Crippen LogP contribution in [0.2, 0.25) is 0 Å². The zero-order chi connectivity index (χ0) is 13.6. The number of anilines is 1. The highest BCUT2D eigenvalue weighted by Crippen LogP contribution is 2.30. The fourth-order valence-electron chi connectivity index (χ4n) is 2.24. The van der Waals surface area contributed by atoms with Crippen molar-refractivity contribution in [3.05, 3.63) is 53.5 Å². The van der Waals surface area contributed by atoms with Crippen molar-refractivity contribution in [2.45, 2.75) is 13.8 Å². The number of nitrogens with two attached hydrogens (primary N) is 1. The van der Waals surface area contributed by atoms with Gasteiger partial charge in [-0.25, -0.2) is 9.37 Å². The van der Waals surface area contributed by atoms with Crippen molar-refractivity contribution in [3.8, 4) is 11.3 Å². The lowest BCUT2D eigenvalue weighted by Gasteiger charge is -2.06. The van der Waals surface area contributed by atoms with E-state index in [1.54, 1.807) is 10.5 Å².